The summed E-state index contributed by atoms with van der Waals surface area (Å²) in [4.78, 5) is 19.8. The highest BCUT2D eigenvalue weighted by Crippen LogP contribution is 2.31. The topological polar surface area (TPSA) is 45.2 Å². The summed E-state index contributed by atoms with van der Waals surface area (Å²) in [5.74, 6) is -0.0452. The average molecular weight is 366 g/mol. The second kappa shape index (κ2) is 7.46. The van der Waals surface area contributed by atoms with E-state index in [1.807, 2.05) is 55.5 Å². The molecule has 4 rings (SSSR count). The fourth-order valence-electron chi connectivity index (χ4n) is 3.38. The van der Waals surface area contributed by atoms with Crippen molar-refractivity contribution >= 4 is 32.6 Å². The Morgan fingerprint density at radius 3 is 2.65 bits per heavy atom. The third-order valence-electron chi connectivity index (χ3n) is 4.91. The lowest BCUT2D eigenvalue weighted by molar-refractivity contribution is 0.0940. The number of nitrogens with one attached hydrogen (secondary N) is 1. The number of carbonyl (C=O) groups excluding carboxylic acids is 1. The lowest BCUT2D eigenvalue weighted by atomic mass is 10.1. The standard InChI is InChI=1S/C21H23N3OS/c1-15(16-8-4-2-5-9-16)22-20(25)17-10-11-18-19(14-17)26-21(23-18)24-12-6-3-7-13-24/h2,4-5,8-11,14-15H,3,6-7,12-13H2,1H3,(H,22,25). The molecule has 1 saturated heterocycles. The molecule has 0 bridgehead atoms. The monoisotopic (exact) mass is 365 g/mol. The van der Waals surface area contributed by atoms with Crippen LogP contribution in [0.2, 0.25) is 0 Å². The van der Waals surface area contributed by atoms with Gasteiger partial charge in [0.1, 0.15) is 0 Å². The first-order chi connectivity index (χ1) is 12.7. The summed E-state index contributed by atoms with van der Waals surface area (Å²) in [7, 11) is 0. The molecule has 0 radical (unpaired) electrons. The lowest BCUT2D eigenvalue weighted by Gasteiger charge is -2.25. The van der Waals surface area contributed by atoms with Gasteiger partial charge in [-0.1, -0.05) is 41.7 Å². The molecule has 1 fully saturated rings. The van der Waals surface area contributed by atoms with Crippen molar-refractivity contribution < 1.29 is 4.79 Å². The third-order valence-corrected chi connectivity index (χ3v) is 5.99. The van der Waals surface area contributed by atoms with Crippen LogP contribution in [-0.2, 0) is 0 Å². The molecule has 3 aromatic rings. The van der Waals surface area contributed by atoms with Crippen molar-refractivity contribution in [3.8, 4) is 0 Å². The molecule has 1 aromatic heterocycles. The highest BCUT2D eigenvalue weighted by Gasteiger charge is 2.17. The van der Waals surface area contributed by atoms with E-state index < -0.39 is 0 Å². The minimum atomic E-state index is -0.0452. The maximum atomic E-state index is 12.6. The zero-order chi connectivity index (χ0) is 17.9. The number of anilines is 1. The molecule has 1 atom stereocenters. The van der Waals surface area contributed by atoms with E-state index >= 15 is 0 Å². The summed E-state index contributed by atoms with van der Waals surface area (Å²) in [6.07, 6.45) is 3.78. The molecule has 1 amide bonds. The van der Waals surface area contributed by atoms with Gasteiger partial charge >= 0.3 is 0 Å². The van der Waals surface area contributed by atoms with Crippen molar-refractivity contribution in [1.82, 2.24) is 10.3 Å². The molecule has 1 N–H and O–H groups in total. The van der Waals surface area contributed by atoms with Crippen molar-refractivity contribution in [3.05, 3.63) is 59.7 Å². The van der Waals surface area contributed by atoms with Gasteiger partial charge in [-0.05, 0) is 49.9 Å². The van der Waals surface area contributed by atoms with Gasteiger partial charge in [-0.25, -0.2) is 4.98 Å². The zero-order valence-corrected chi connectivity index (χ0v) is 15.8. The van der Waals surface area contributed by atoms with Crippen LogP contribution in [0.5, 0.6) is 0 Å². The summed E-state index contributed by atoms with van der Waals surface area (Å²) in [5, 5.41) is 4.16. The predicted molar refractivity (Wildman–Crippen MR) is 108 cm³/mol. The van der Waals surface area contributed by atoms with Gasteiger partial charge in [0.05, 0.1) is 16.3 Å². The second-order valence-corrected chi connectivity index (χ2v) is 7.84. The normalized spacial score (nSPS) is 15.8. The number of amides is 1. The number of hydrogen-bond donors (Lipinski definition) is 1. The van der Waals surface area contributed by atoms with Gasteiger partial charge in [0.15, 0.2) is 5.13 Å². The smallest absolute Gasteiger partial charge is 0.251 e. The van der Waals surface area contributed by atoms with E-state index in [1.165, 1.54) is 19.3 Å². The molecule has 0 spiro atoms. The van der Waals surface area contributed by atoms with Crippen LogP contribution >= 0.6 is 11.3 Å². The summed E-state index contributed by atoms with van der Waals surface area (Å²) in [6, 6.07) is 15.8. The van der Waals surface area contributed by atoms with Crippen LogP contribution in [-0.4, -0.2) is 24.0 Å². The SMILES string of the molecule is CC(NC(=O)c1ccc2nc(N3CCCCC3)sc2c1)c1ccccc1. The summed E-state index contributed by atoms with van der Waals surface area (Å²) >= 11 is 1.69. The van der Waals surface area contributed by atoms with Gasteiger partial charge in [-0.3, -0.25) is 4.79 Å². The van der Waals surface area contributed by atoms with E-state index in [0.717, 1.165) is 34.0 Å². The molecular formula is C21H23N3OS. The summed E-state index contributed by atoms with van der Waals surface area (Å²) < 4.78 is 1.07. The lowest BCUT2D eigenvalue weighted by Crippen LogP contribution is -2.29. The van der Waals surface area contributed by atoms with Gasteiger partial charge in [-0.2, -0.15) is 0 Å². The molecule has 2 aromatic carbocycles. The van der Waals surface area contributed by atoms with E-state index in [4.69, 9.17) is 4.98 Å². The van der Waals surface area contributed by atoms with E-state index in [-0.39, 0.29) is 11.9 Å². The molecule has 134 valence electrons. The number of fused-ring (bicyclic) bond motifs is 1. The van der Waals surface area contributed by atoms with Gasteiger partial charge < -0.3 is 10.2 Å². The molecule has 4 nitrogen and oxygen atoms in total. The van der Waals surface area contributed by atoms with E-state index in [9.17, 15) is 4.79 Å². The number of carbonyl (C=O) groups is 1. The largest absolute Gasteiger partial charge is 0.348 e. The van der Waals surface area contributed by atoms with Crippen molar-refractivity contribution in [1.29, 1.82) is 0 Å². The van der Waals surface area contributed by atoms with Crippen LogP contribution in [0.1, 0.15) is 48.1 Å². The Bertz CT molecular complexity index is 900. The van der Waals surface area contributed by atoms with E-state index in [0.29, 0.717) is 5.56 Å². The van der Waals surface area contributed by atoms with Crippen molar-refractivity contribution in [2.75, 3.05) is 18.0 Å². The fraction of sp³-hybridized carbons (Fsp3) is 0.333. The number of hydrogen-bond acceptors (Lipinski definition) is 4. The van der Waals surface area contributed by atoms with Gasteiger partial charge in [0.2, 0.25) is 0 Å². The molecule has 1 unspecified atom stereocenters. The predicted octanol–water partition coefficient (Wildman–Crippen LogP) is 4.78. The van der Waals surface area contributed by atoms with Crippen LogP contribution in [0.4, 0.5) is 5.13 Å². The Hall–Kier alpha value is -2.40. The average Bonchev–Trinajstić information content (AvgIpc) is 3.12. The zero-order valence-electron chi connectivity index (χ0n) is 14.9. The van der Waals surface area contributed by atoms with Crippen LogP contribution in [0.3, 0.4) is 0 Å². The number of piperidine rings is 1. The van der Waals surface area contributed by atoms with E-state index in [2.05, 4.69) is 10.2 Å². The van der Waals surface area contributed by atoms with Crippen LogP contribution < -0.4 is 10.2 Å². The van der Waals surface area contributed by atoms with Crippen LogP contribution in [0, 0.1) is 0 Å². The molecule has 1 aliphatic heterocycles. The number of thiazole rings is 1. The molecule has 26 heavy (non-hydrogen) atoms. The Morgan fingerprint density at radius 2 is 1.88 bits per heavy atom. The Kier molecular flexibility index (Phi) is 4.89. The van der Waals surface area contributed by atoms with Crippen molar-refractivity contribution in [2.24, 2.45) is 0 Å². The molecule has 1 aliphatic rings. The third kappa shape index (κ3) is 3.58. The first-order valence-corrected chi connectivity index (χ1v) is 10.0. The maximum absolute atomic E-state index is 12.6. The molecule has 2 heterocycles. The number of nitrogens with zero attached hydrogens (tertiary/aromatic N) is 2. The molecule has 0 saturated carbocycles. The Morgan fingerprint density at radius 1 is 1.12 bits per heavy atom. The highest BCUT2D eigenvalue weighted by molar-refractivity contribution is 7.22. The number of benzene rings is 2. The van der Waals surface area contributed by atoms with E-state index in [1.54, 1.807) is 11.3 Å². The first kappa shape index (κ1) is 17.0. The molecule has 5 heteroatoms. The highest BCUT2D eigenvalue weighted by atomic mass is 32.1. The van der Waals surface area contributed by atoms with Crippen molar-refractivity contribution in [2.45, 2.75) is 32.2 Å². The minimum absolute atomic E-state index is 0.0234. The van der Waals surface area contributed by atoms with Gasteiger partial charge in [-0.15, -0.1) is 0 Å². The molecule has 0 aliphatic carbocycles. The summed E-state index contributed by atoms with van der Waals surface area (Å²) in [6.45, 7) is 4.18. The quantitative estimate of drug-likeness (QED) is 0.724. The number of aromatic nitrogens is 1. The van der Waals surface area contributed by atoms with Gasteiger partial charge in [0, 0.05) is 18.7 Å². The maximum Gasteiger partial charge on any atom is 0.251 e. The summed E-state index contributed by atoms with van der Waals surface area (Å²) in [5.41, 5.74) is 2.77. The van der Waals surface area contributed by atoms with Crippen molar-refractivity contribution in [3.63, 3.8) is 0 Å². The molecular weight excluding hydrogens is 342 g/mol. The first-order valence-electron chi connectivity index (χ1n) is 9.22. The Labute approximate surface area is 157 Å². The number of rotatable bonds is 4. The fourth-order valence-corrected chi connectivity index (χ4v) is 4.44. The Balaban J connectivity index is 1.52. The van der Waals surface area contributed by atoms with Gasteiger partial charge in [0.25, 0.3) is 5.91 Å². The minimum Gasteiger partial charge on any atom is -0.348 e. The van der Waals surface area contributed by atoms with Crippen LogP contribution in [0.15, 0.2) is 48.5 Å². The second-order valence-electron chi connectivity index (χ2n) is 6.83. The van der Waals surface area contributed by atoms with Crippen LogP contribution in [0.25, 0.3) is 10.2 Å².